The van der Waals surface area contributed by atoms with Crippen molar-refractivity contribution in [3.63, 3.8) is 0 Å². The van der Waals surface area contributed by atoms with Gasteiger partial charge in [0.05, 0.1) is 6.10 Å². The molecule has 0 aromatic heterocycles. The van der Waals surface area contributed by atoms with E-state index in [9.17, 15) is 9.90 Å². The summed E-state index contributed by atoms with van der Waals surface area (Å²) in [5.41, 5.74) is 0. The predicted octanol–water partition coefficient (Wildman–Crippen LogP) is 0.994. The maximum atomic E-state index is 11.5. The molecular formula is C13H26N2O2. The van der Waals surface area contributed by atoms with E-state index in [0.29, 0.717) is 12.3 Å². The van der Waals surface area contributed by atoms with Crippen molar-refractivity contribution < 1.29 is 9.90 Å². The lowest BCUT2D eigenvalue weighted by Gasteiger charge is -2.27. The number of rotatable bonds is 5. The molecule has 4 heteroatoms. The maximum absolute atomic E-state index is 11.5. The summed E-state index contributed by atoms with van der Waals surface area (Å²) in [7, 11) is 3.57. The van der Waals surface area contributed by atoms with E-state index in [0.717, 1.165) is 25.8 Å². The minimum atomic E-state index is -0.116. The number of nitrogens with zero attached hydrogens (tertiary/aromatic N) is 1. The van der Waals surface area contributed by atoms with Gasteiger partial charge >= 0.3 is 0 Å². The minimum Gasteiger partial charge on any atom is -0.393 e. The Labute approximate surface area is 104 Å². The van der Waals surface area contributed by atoms with Crippen molar-refractivity contribution in [3.8, 4) is 0 Å². The third-order valence-electron chi connectivity index (χ3n) is 3.49. The van der Waals surface area contributed by atoms with E-state index in [-0.39, 0.29) is 18.1 Å². The number of amides is 1. The highest BCUT2D eigenvalue weighted by atomic mass is 16.3. The highest BCUT2D eigenvalue weighted by Gasteiger charge is 2.20. The standard InChI is InChI=1S/C13H26N2O2/c1-10(7-13(17)15(2)3)14-9-11-5-4-6-12(16)8-11/h10-12,14,16H,4-9H2,1-3H3. The third-order valence-corrected chi connectivity index (χ3v) is 3.49. The monoisotopic (exact) mass is 242 g/mol. The Morgan fingerprint density at radius 2 is 2.18 bits per heavy atom. The fourth-order valence-electron chi connectivity index (χ4n) is 2.33. The minimum absolute atomic E-state index is 0.116. The van der Waals surface area contributed by atoms with Crippen LogP contribution < -0.4 is 5.32 Å². The normalized spacial score (nSPS) is 26.6. The Kier molecular flexibility index (Phi) is 5.92. The Morgan fingerprint density at radius 3 is 2.76 bits per heavy atom. The molecule has 100 valence electrons. The smallest absolute Gasteiger partial charge is 0.223 e. The van der Waals surface area contributed by atoms with Crippen LogP contribution in [0.2, 0.25) is 0 Å². The average Bonchev–Trinajstić information content (AvgIpc) is 2.26. The van der Waals surface area contributed by atoms with Gasteiger partial charge < -0.3 is 15.3 Å². The lowest BCUT2D eigenvalue weighted by Crippen LogP contribution is -2.37. The quantitative estimate of drug-likeness (QED) is 0.756. The number of aliphatic hydroxyl groups is 1. The summed E-state index contributed by atoms with van der Waals surface area (Å²) in [4.78, 5) is 13.1. The van der Waals surface area contributed by atoms with Gasteiger partial charge in [-0.2, -0.15) is 0 Å². The van der Waals surface area contributed by atoms with Crippen molar-refractivity contribution in [1.82, 2.24) is 10.2 Å². The first-order valence-corrected chi connectivity index (χ1v) is 6.60. The van der Waals surface area contributed by atoms with Crippen molar-refractivity contribution in [2.24, 2.45) is 5.92 Å². The average molecular weight is 242 g/mol. The molecule has 4 nitrogen and oxygen atoms in total. The van der Waals surface area contributed by atoms with Gasteiger partial charge in [-0.25, -0.2) is 0 Å². The SMILES string of the molecule is CC(CC(=O)N(C)C)NCC1CCCC(O)C1. The molecule has 0 radical (unpaired) electrons. The third kappa shape index (κ3) is 5.50. The molecule has 1 rings (SSSR count). The number of carbonyl (C=O) groups is 1. The lowest BCUT2D eigenvalue weighted by atomic mass is 9.87. The van der Waals surface area contributed by atoms with E-state index in [2.05, 4.69) is 5.32 Å². The highest BCUT2D eigenvalue weighted by Crippen LogP contribution is 2.23. The van der Waals surface area contributed by atoms with Gasteiger partial charge in [-0.05, 0) is 38.6 Å². The molecule has 1 aliphatic carbocycles. The lowest BCUT2D eigenvalue weighted by molar-refractivity contribution is -0.129. The van der Waals surface area contributed by atoms with Crippen LogP contribution in [0.1, 0.15) is 39.0 Å². The zero-order valence-electron chi connectivity index (χ0n) is 11.3. The van der Waals surface area contributed by atoms with Gasteiger partial charge in [-0.1, -0.05) is 6.42 Å². The molecule has 3 atom stereocenters. The van der Waals surface area contributed by atoms with Crippen LogP contribution in [0.3, 0.4) is 0 Å². The van der Waals surface area contributed by atoms with E-state index in [1.807, 2.05) is 6.92 Å². The van der Waals surface area contributed by atoms with Crippen molar-refractivity contribution >= 4 is 5.91 Å². The van der Waals surface area contributed by atoms with E-state index in [1.165, 1.54) is 6.42 Å². The Hall–Kier alpha value is -0.610. The van der Waals surface area contributed by atoms with Gasteiger partial charge in [-0.3, -0.25) is 4.79 Å². The molecule has 17 heavy (non-hydrogen) atoms. The van der Waals surface area contributed by atoms with Crippen molar-refractivity contribution in [2.75, 3.05) is 20.6 Å². The van der Waals surface area contributed by atoms with Gasteiger partial charge in [0.2, 0.25) is 5.91 Å². The molecule has 0 bridgehead atoms. The van der Waals surface area contributed by atoms with Crippen molar-refractivity contribution in [3.05, 3.63) is 0 Å². The molecule has 0 aliphatic heterocycles. The number of nitrogens with one attached hydrogen (secondary N) is 1. The number of carbonyl (C=O) groups excluding carboxylic acids is 1. The Balaban J connectivity index is 2.18. The molecule has 0 saturated heterocycles. The van der Waals surface area contributed by atoms with Crippen LogP contribution in [0.4, 0.5) is 0 Å². The first kappa shape index (κ1) is 14.5. The van der Waals surface area contributed by atoms with E-state index in [1.54, 1.807) is 19.0 Å². The molecule has 0 aromatic rings. The zero-order chi connectivity index (χ0) is 12.8. The van der Waals surface area contributed by atoms with E-state index in [4.69, 9.17) is 0 Å². The summed E-state index contributed by atoms with van der Waals surface area (Å²) in [6.45, 7) is 2.96. The maximum Gasteiger partial charge on any atom is 0.223 e. The predicted molar refractivity (Wildman–Crippen MR) is 68.7 cm³/mol. The van der Waals surface area contributed by atoms with Crippen LogP contribution in [0.25, 0.3) is 0 Å². The van der Waals surface area contributed by atoms with E-state index >= 15 is 0 Å². The first-order chi connectivity index (χ1) is 7.99. The molecule has 2 N–H and O–H groups in total. The summed E-state index contributed by atoms with van der Waals surface area (Å²) in [5.74, 6) is 0.726. The molecule has 1 fully saturated rings. The van der Waals surface area contributed by atoms with Crippen LogP contribution in [-0.4, -0.2) is 48.7 Å². The van der Waals surface area contributed by atoms with Gasteiger partial charge in [0, 0.05) is 26.6 Å². The van der Waals surface area contributed by atoms with Crippen molar-refractivity contribution in [2.45, 2.75) is 51.2 Å². The second-order valence-corrected chi connectivity index (χ2v) is 5.49. The van der Waals surface area contributed by atoms with Gasteiger partial charge in [0.25, 0.3) is 0 Å². The summed E-state index contributed by atoms with van der Waals surface area (Å²) in [6.07, 6.45) is 4.60. The summed E-state index contributed by atoms with van der Waals surface area (Å²) < 4.78 is 0. The molecule has 0 aromatic carbocycles. The molecule has 3 unspecified atom stereocenters. The molecule has 0 heterocycles. The fraction of sp³-hybridized carbons (Fsp3) is 0.923. The summed E-state index contributed by atoms with van der Waals surface area (Å²) >= 11 is 0. The summed E-state index contributed by atoms with van der Waals surface area (Å²) in [5, 5.41) is 13.0. The molecule has 0 spiro atoms. The fourth-order valence-corrected chi connectivity index (χ4v) is 2.33. The molecule has 1 aliphatic rings. The Bertz CT molecular complexity index is 244. The summed E-state index contributed by atoms with van der Waals surface area (Å²) in [6, 6.07) is 0.212. The largest absolute Gasteiger partial charge is 0.393 e. The van der Waals surface area contributed by atoms with E-state index < -0.39 is 0 Å². The Morgan fingerprint density at radius 1 is 1.47 bits per heavy atom. The molecular weight excluding hydrogens is 216 g/mol. The first-order valence-electron chi connectivity index (χ1n) is 6.60. The second kappa shape index (κ2) is 6.97. The zero-order valence-corrected chi connectivity index (χ0v) is 11.3. The van der Waals surface area contributed by atoms with Gasteiger partial charge in [0.1, 0.15) is 0 Å². The van der Waals surface area contributed by atoms with Crippen LogP contribution in [0.15, 0.2) is 0 Å². The molecule has 1 saturated carbocycles. The van der Waals surface area contributed by atoms with Crippen molar-refractivity contribution in [1.29, 1.82) is 0 Å². The highest BCUT2D eigenvalue weighted by molar-refractivity contribution is 5.76. The topological polar surface area (TPSA) is 52.6 Å². The second-order valence-electron chi connectivity index (χ2n) is 5.49. The number of aliphatic hydroxyl groups excluding tert-OH is 1. The van der Waals surface area contributed by atoms with Gasteiger partial charge in [0.15, 0.2) is 0 Å². The van der Waals surface area contributed by atoms with Crippen LogP contribution in [0, 0.1) is 5.92 Å². The van der Waals surface area contributed by atoms with Crippen LogP contribution in [0.5, 0.6) is 0 Å². The van der Waals surface area contributed by atoms with Crippen LogP contribution >= 0.6 is 0 Å². The van der Waals surface area contributed by atoms with Gasteiger partial charge in [-0.15, -0.1) is 0 Å². The molecule has 1 amide bonds. The van der Waals surface area contributed by atoms with Crippen LogP contribution in [-0.2, 0) is 4.79 Å². The number of hydrogen-bond acceptors (Lipinski definition) is 3. The number of hydrogen-bond donors (Lipinski definition) is 2.